The second-order valence-electron chi connectivity index (χ2n) is 4.98. The predicted octanol–water partition coefficient (Wildman–Crippen LogP) is 4.93. The Morgan fingerprint density at radius 3 is 2.53 bits per heavy atom. The van der Waals surface area contributed by atoms with Gasteiger partial charge in [0.25, 0.3) is 0 Å². The molecule has 1 atom stereocenters. The van der Waals surface area contributed by atoms with Crippen molar-refractivity contribution in [2.45, 2.75) is 19.8 Å². The van der Waals surface area contributed by atoms with Crippen molar-refractivity contribution >= 4 is 15.9 Å². The molecule has 2 aromatic carbocycles. The fraction of sp³-hybridized carbons (Fsp3) is 0.294. The molecule has 0 amide bonds. The second kappa shape index (κ2) is 6.85. The SMILES string of the molecule is Cc1ccccc1CC(CBr)Cc1cccc(F)c1. The van der Waals surface area contributed by atoms with E-state index in [1.165, 1.54) is 17.2 Å². The topological polar surface area (TPSA) is 0 Å². The van der Waals surface area contributed by atoms with Gasteiger partial charge in [-0.25, -0.2) is 4.39 Å². The van der Waals surface area contributed by atoms with E-state index in [4.69, 9.17) is 0 Å². The van der Waals surface area contributed by atoms with Crippen LogP contribution < -0.4 is 0 Å². The monoisotopic (exact) mass is 320 g/mol. The molecule has 100 valence electrons. The Morgan fingerprint density at radius 2 is 1.84 bits per heavy atom. The van der Waals surface area contributed by atoms with Crippen molar-refractivity contribution in [1.82, 2.24) is 0 Å². The van der Waals surface area contributed by atoms with Crippen molar-refractivity contribution in [1.29, 1.82) is 0 Å². The molecule has 2 aromatic rings. The number of hydrogen-bond donors (Lipinski definition) is 0. The van der Waals surface area contributed by atoms with Crippen LogP contribution in [0, 0.1) is 18.7 Å². The number of rotatable bonds is 5. The lowest BCUT2D eigenvalue weighted by molar-refractivity contribution is 0.581. The van der Waals surface area contributed by atoms with Crippen LogP contribution in [-0.2, 0) is 12.8 Å². The first-order chi connectivity index (χ1) is 9.19. The molecule has 0 aromatic heterocycles. The standard InChI is InChI=1S/C17H18BrF/c1-13-5-2-3-7-16(13)10-15(12-18)9-14-6-4-8-17(19)11-14/h2-8,11,15H,9-10,12H2,1H3. The highest BCUT2D eigenvalue weighted by atomic mass is 79.9. The quantitative estimate of drug-likeness (QED) is 0.685. The van der Waals surface area contributed by atoms with Crippen molar-refractivity contribution in [2.75, 3.05) is 5.33 Å². The Labute approximate surface area is 122 Å². The fourth-order valence-electron chi connectivity index (χ4n) is 2.33. The molecule has 0 heterocycles. The molecule has 0 aliphatic heterocycles. The van der Waals surface area contributed by atoms with E-state index < -0.39 is 0 Å². The van der Waals surface area contributed by atoms with Crippen LogP contribution in [0.25, 0.3) is 0 Å². The van der Waals surface area contributed by atoms with Crippen LogP contribution >= 0.6 is 15.9 Å². The Hall–Kier alpha value is -1.15. The lowest BCUT2D eigenvalue weighted by Gasteiger charge is -2.15. The van der Waals surface area contributed by atoms with Crippen LogP contribution in [0.15, 0.2) is 48.5 Å². The first-order valence-corrected chi connectivity index (χ1v) is 7.66. The fourth-order valence-corrected chi connectivity index (χ4v) is 2.79. The third kappa shape index (κ3) is 4.17. The highest BCUT2D eigenvalue weighted by Gasteiger charge is 2.11. The van der Waals surface area contributed by atoms with E-state index in [1.54, 1.807) is 12.1 Å². The average molecular weight is 321 g/mol. The van der Waals surface area contributed by atoms with Crippen LogP contribution in [0.4, 0.5) is 4.39 Å². The van der Waals surface area contributed by atoms with Gasteiger partial charge in [0.2, 0.25) is 0 Å². The normalized spacial score (nSPS) is 12.4. The van der Waals surface area contributed by atoms with Gasteiger partial charge in [0.1, 0.15) is 5.82 Å². The summed E-state index contributed by atoms with van der Waals surface area (Å²) in [6.45, 7) is 2.14. The Balaban J connectivity index is 2.07. The van der Waals surface area contributed by atoms with Gasteiger partial charge in [-0.2, -0.15) is 0 Å². The maximum absolute atomic E-state index is 13.2. The lowest BCUT2D eigenvalue weighted by Crippen LogP contribution is -2.11. The first-order valence-electron chi connectivity index (χ1n) is 6.54. The maximum atomic E-state index is 13.2. The van der Waals surface area contributed by atoms with Gasteiger partial charge in [0, 0.05) is 5.33 Å². The van der Waals surface area contributed by atoms with E-state index in [-0.39, 0.29) is 5.82 Å². The molecule has 2 heteroatoms. The summed E-state index contributed by atoms with van der Waals surface area (Å²) in [6, 6.07) is 15.4. The van der Waals surface area contributed by atoms with Crippen molar-refractivity contribution in [3.63, 3.8) is 0 Å². The third-order valence-electron chi connectivity index (χ3n) is 3.40. The third-order valence-corrected chi connectivity index (χ3v) is 4.32. The van der Waals surface area contributed by atoms with Crippen molar-refractivity contribution in [3.8, 4) is 0 Å². The van der Waals surface area contributed by atoms with Crippen LogP contribution in [0.1, 0.15) is 16.7 Å². The van der Waals surface area contributed by atoms with E-state index >= 15 is 0 Å². The minimum atomic E-state index is -0.151. The highest BCUT2D eigenvalue weighted by molar-refractivity contribution is 9.09. The molecule has 1 unspecified atom stereocenters. The Morgan fingerprint density at radius 1 is 1.05 bits per heavy atom. The number of benzene rings is 2. The molecule has 0 spiro atoms. The van der Waals surface area contributed by atoms with Gasteiger partial charge in [-0.15, -0.1) is 0 Å². The Kier molecular flexibility index (Phi) is 5.15. The van der Waals surface area contributed by atoms with Gasteiger partial charge in [-0.1, -0.05) is 52.3 Å². The van der Waals surface area contributed by atoms with Crippen LogP contribution in [0.2, 0.25) is 0 Å². The summed E-state index contributed by atoms with van der Waals surface area (Å²) in [7, 11) is 0. The van der Waals surface area contributed by atoms with Crippen LogP contribution in [0.5, 0.6) is 0 Å². The van der Waals surface area contributed by atoms with Gasteiger partial charge in [-0.3, -0.25) is 0 Å². The van der Waals surface area contributed by atoms with E-state index in [9.17, 15) is 4.39 Å². The molecule has 2 rings (SSSR count). The van der Waals surface area contributed by atoms with Crippen molar-refractivity contribution < 1.29 is 4.39 Å². The zero-order chi connectivity index (χ0) is 13.7. The largest absolute Gasteiger partial charge is 0.207 e. The van der Waals surface area contributed by atoms with Gasteiger partial charge in [0.05, 0.1) is 0 Å². The average Bonchev–Trinajstić information content (AvgIpc) is 2.40. The van der Waals surface area contributed by atoms with Gasteiger partial charge in [0.15, 0.2) is 0 Å². The minimum Gasteiger partial charge on any atom is -0.207 e. The molecule has 0 aliphatic rings. The Bertz CT molecular complexity index is 536. The number of aryl methyl sites for hydroxylation is 1. The molecule has 19 heavy (non-hydrogen) atoms. The van der Waals surface area contributed by atoms with Crippen LogP contribution in [-0.4, -0.2) is 5.33 Å². The first kappa shape index (κ1) is 14.3. The summed E-state index contributed by atoms with van der Waals surface area (Å²) in [6.07, 6.45) is 1.92. The molecule has 0 nitrogen and oxygen atoms in total. The molecular weight excluding hydrogens is 303 g/mol. The molecule has 0 aliphatic carbocycles. The predicted molar refractivity (Wildman–Crippen MR) is 82.3 cm³/mol. The molecule has 0 radical (unpaired) electrons. The van der Waals surface area contributed by atoms with E-state index in [0.29, 0.717) is 5.92 Å². The summed E-state index contributed by atoms with van der Waals surface area (Å²) in [4.78, 5) is 0. The molecule has 0 fully saturated rings. The molecule has 0 bridgehead atoms. The van der Waals surface area contributed by atoms with E-state index in [1.807, 2.05) is 6.07 Å². The summed E-state index contributed by atoms with van der Waals surface area (Å²) in [5.41, 5.74) is 3.77. The molecule has 0 saturated carbocycles. The summed E-state index contributed by atoms with van der Waals surface area (Å²) < 4.78 is 13.2. The number of halogens is 2. The van der Waals surface area contributed by atoms with Gasteiger partial charge >= 0.3 is 0 Å². The number of alkyl halides is 1. The summed E-state index contributed by atoms with van der Waals surface area (Å²) in [5.74, 6) is 0.338. The smallest absolute Gasteiger partial charge is 0.123 e. The van der Waals surface area contributed by atoms with Crippen LogP contribution in [0.3, 0.4) is 0 Å². The van der Waals surface area contributed by atoms with E-state index in [0.717, 1.165) is 23.7 Å². The molecule has 0 saturated heterocycles. The van der Waals surface area contributed by atoms with Crippen molar-refractivity contribution in [2.24, 2.45) is 5.92 Å². The molecule has 0 N–H and O–H groups in total. The highest BCUT2D eigenvalue weighted by Crippen LogP contribution is 2.19. The summed E-state index contributed by atoms with van der Waals surface area (Å²) >= 11 is 3.58. The summed E-state index contributed by atoms with van der Waals surface area (Å²) in [5, 5.41) is 0.928. The van der Waals surface area contributed by atoms with Crippen molar-refractivity contribution in [3.05, 3.63) is 71.0 Å². The van der Waals surface area contributed by atoms with Gasteiger partial charge < -0.3 is 0 Å². The number of hydrogen-bond acceptors (Lipinski definition) is 0. The molecular formula is C17H18BrF. The maximum Gasteiger partial charge on any atom is 0.123 e. The minimum absolute atomic E-state index is 0.151. The lowest BCUT2D eigenvalue weighted by atomic mass is 9.92. The zero-order valence-electron chi connectivity index (χ0n) is 11.1. The van der Waals surface area contributed by atoms with Gasteiger partial charge in [-0.05, 0) is 54.5 Å². The zero-order valence-corrected chi connectivity index (χ0v) is 12.7. The van der Waals surface area contributed by atoms with E-state index in [2.05, 4.69) is 47.1 Å². The second-order valence-corrected chi connectivity index (χ2v) is 5.63.